The van der Waals surface area contributed by atoms with E-state index in [-0.39, 0.29) is 11.6 Å². The van der Waals surface area contributed by atoms with Crippen LogP contribution in [0.2, 0.25) is 0 Å². The first-order chi connectivity index (χ1) is 17.1. The lowest BCUT2D eigenvalue weighted by Gasteiger charge is -2.18. The van der Waals surface area contributed by atoms with E-state index < -0.39 is 11.9 Å². The minimum Gasteiger partial charge on any atom is -0.497 e. The normalized spacial score (nSPS) is 11.5. The number of ether oxygens (including phenoxy) is 1. The second-order valence-electron chi connectivity index (χ2n) is 7.89. The zero-order chi connectivity index (χ0) is 24.5. The maximum Gasteiger partial charge on any atom is 0.274 e. The number of methoxy groups -OCH3 is 1. The van der Waals surface area contributed by atoms with E-state index in [0.717, 1.165) is 16.8 Å². The van der Waals surface area contributed by atoms with Gasteiger partial charge in [0.2, 0.25) is 5.91 Å². The Labute approximate surface area is 203 Å². The molecule has 0 spiro atoms. The summed E-state index contributed by atoms with van der Waals surface area (Å²) in [5.74, 6) is 0.307. The van der Waals surface area contributed by atoms with Crippen molar-refractivity contribution < 1.29 is 18.8 Å². The zero-order valence-corrected chi connectivity index (χ0v) is 19.3. The van der Waals surface area contributed by atoms with E-state index in [1.165, 1.54) is 0 Å². The van der Waals surface area contributed by atoms with Crippen LogP contribution in [0.3, 0.4) is 0 Å². The summed E-state index contributed by atoms with van der Waals surface area (Å²) < 4.78 is 10.6. The lowest BCUT2D eigenvalue weighted by atomic mass is 10.0. The highest BCUT2D eigenvalue weighted by atomic mass is 16.5. The van der Waals surface area contributed by atoms with Gasteiger partial charge in [-0.2, -0.15) is 0 Å². The molecule has 2 aromatic carbocycles. The van der Waals surface area contributed by atoms with Gasteiger partial charge in [-0.3, -0.25) is 14.6 Å². The second kappa shape index (κ2) is 11.6. The minimum absolute atomic E-state index is 0.0853. The fourth-order valence-electron chi connectivity index (χ4n) is 3.57. The summed E-state index contributed by atoms with van der Waals surface area (Å²) >= 11 is 0. The van der Waals surface area contributed by atoms with E-state index in [9.17, 15) is 9.59 Å². The molecular weight excluding hydrogens is 444 g/mol. The molecule has 178 valence electrons. The quantitative estimate of drug-likeness (QED) is 0.368. The zero-order valence-electron chi connectivity index (χ0n) is 19.3. The van der Waals surface area contributed by atoms with Crippen LogP contribution in [0, 0.1) is 0 Å². The number of rotatable bonds is 10. The van der Waals surface area contributed by atoms with E-state index in [1.54, 1.807) is 25.4 Å². The molecule has 0 saturated heterocycles. The summed E-state index contributed by atoms with van der Waals surface area (Å²) in [5, 5.41) is 9.61. The van der Waals surface area contributed by atoms with Gasteiger partial charge in [-0.1, -0.05) is 53.7 Å². The third-order valence-corrected chi connectivity index (χ3v) is 5.41. The molecule has 0 aliphatic carbocycles. The molecule has 0 radical (unpaired) electrons. The molecule has 1 atom stereocenters. The Morgan fingerprint density at radius 3 is 2.60 bits per heavy atom. The molecule has 35 heavy (non-hydrogen) atoms. The molecule has 2 heterocycles. The molecule has 4 aromatic rings. The van der Waals surface area contributed by atoms with E-state index >= 15 is 0 Å². The van der Waals surface area contributed by atoms with E-state index in [0.29, 0.717) is 30.9 Å². The van der Waals surface area contributed by atoms with Gasteiger partial charge in [0.15, 0.2) is 11.5 Å². The summed E-state index contributed by atoms with van der Waals surface area (Å²) in [4.78, 5) is 30.2. The molecule has 0 saturated carbocycles. The molecular formula is C27H26N4O4. The Morgan fingerprint density at radius 1 is 1.00 bits per heavy atom. The summed E-state index contributed by atoms with van der Waals surface area (Å²) in [5.41, 5.74) is 2.62. The third-order valence-electron chi connectivity index (χ3n) is 5.41. The summed E-state index contributed by atoms with van der Waals surface area (Å²) in [6.45, 7) is 0.404. The lowest BCUT2D eigenvalue weighted by Crippen LogP contribution is -2.48. The molecule has 4 rings (SSSR count). The lowest BCUT2D eigenvalue weighted by molar-refractivity contribution is -0.122. The van der Waals surface area contributed by atoms with Crippen molar-refractivity contribution >= 4 is 11.8 Å². The number of nitrogens with one attached hydrogen (secondary N) is 2. The van der Waals surface area contributed by atoms with Crippen LogP contribution in [0.25, 0.3) is 11.3 Å². The molecule has 1 unspecified atom stereocenters. The van der Waals surface area contributed by atoms with Crippen molar-refractivity contribution in [2.24, 2.45) is 0 Å². The van der Waals surface area contributed by atoms with Gasteiger partial charge in [0.1, 0.15) is 11.8 Å². The van der Waals surface area contributed by atoms with E-state index in [1.807, 2.05) is 66.7 Å². The van der Waals surface area contributed by atoms with Crippen LogP contribution in [0.15, 0.2) is 89.6 Å². The Kier molecular flexibility index (Phi) is 7.85. The van der Waals surface area contributed by atoms with Gasteiger partial charge < -0.3 is 19.9 Å². The Balaban J connectivity index is 1.44. The minimum atomic E-state index is -0.786. The van der Waals surface area contributed by atoms with Crippen LogP contribution in [-0.4, -0.2) is 41.7 Å². The SMILES string of the molecule is COc1cccc(-c2cc(C(=O)NC(Cc3ccccc3)C(=O)NCCc3ccccn3)no2)c1. The molecule has 0 bridgehead atoms. The van der Waals surface area contributed by atoms with Crippen molar-refractivity contribution in [3.05, 3.63) is 102 Å². The van der Waals surface area contributed by atoms with Crippen molar-refractivity contribution in [1.82, 2.24) is 20.8 Å². The van der Waals surface area contributed by atoms with Gasteiger partial charge in [-0.05, 0) is 29.8 Å². The number of carbonyl (C=O) groups excluding carboxylic acids is 2. The molecule has 0 aliphatic heterocycles. The monoisotopic (exact) mass is 470 g/mol. The summed E-state index contributed by atoms with van der Waals surface area (Å²) in [6.07, 6.45) is 2.64. The first kappa shape index (κ1) is 23.7. The van der Waals surface area contributed by atoms with E-state index in [4.69, 9.17) is 9.26 Å². The highest BCUT2D eigenvalue weighted by Gasteiger charge is 2.24. The summed E-state index contributed by atoms with van der Waals surface area (Å²) in [6, 6.07) is 23.2. The fourth-order valence-corrected chi connectivity index (χ4v) is 3.57. The molecule has 2 aromatic heterocycles. The molecule has 8 heteroatoms. The highest BCUT2D eigenvalue weighted by Crippen LogP contribution is 2.24. The van der Waals surface area contributed by atoms with Crippen LogP contribution in [0.5, 0.6) is 5.75 Å². The average Bonchev–Trinajstić information content (AvgIpc) is 3.40. The standard InChI is InChI=1S/C27H26N4O4/c1-34-22-12-7-10-20(17-22)25-18-24(31-35-25)27(33)30-23(16-19-8-3-2-4-9-19)26(32)29-15-13-21-11-5-6-14-28-21/h2-12,14,17-18,23H,13,15-16H2,1H3,(H,29,32)(H,30,33). The number of hydrogen-bond donors (Lipinski definition) is 2. The largest absolute Gasteiger partial charge is 0.497 e. The number of benzene rings is 2. The number of aromatic nitrogens is 2. The van der Waals surface area contributed by atoms with Crippen molar-refractivity contribution in [2.75, 3.05) is 13.7 Å². The molecule has 2 amide bonds. The topological polar surface area (TPSA) is 106 Å². The van der Waals surface area contributed by atoms with Crippen molar-refractivity contribution in [2.45, 2.75) is 18.9 Å². The maximum absolute atomic E-state index is 13.0. The van der Waals surface area contributed by atoms with Gasteiger partial charge in [-0.15, -0.1) is 0 Å². The highest BCUT2D eigenvalue weighted by molar-refractivity contribution is 5.96. The van der Waals surface area contributed by atoms with Crippen LogP contribution >= 0.6 is 0 Å². The number of pyridine rings is 1. The number of nitrogens with zero attached hydrogens (tertiary/aromatic N) is 2. The van der Waals surface area contributed by atoms with Crippen molar-refractivity contribution in [3.8, 4) is 17.1 Å². The van der Waals surface area contributed by atoms with E-state index in [2.05, 4.69) is 20.8 Å². The van der Waals surface area contributed by atoms with Gasteiger partial charge in [-0.25, -0.2) is 0 Å². The maximum atomic E-state index is 13.0. The van der Waals surface area contributed by atoms with Crippen LogP contribution in [0.1, 0.15) is 21.7 Å². The fraction of sp³-hybridized carbons (Fsp3) is 0.185. The molecule has 0 fully saturated rings. The first-order valence-corrected chi connectivity index (χ1v) is 11.3. The van der Waals surface area contributed by atoms with Crippen LogP contribution in [-0.2, 0) is 17.6 Å². The molecule has 2 N–H and O–H groups in total. The van der Waals surface area contributed by atoms with Crippen molar-refractivity contribution in [3.63, 3.8) is 0 Å². The Bertz CT molecular complexity index is 1260. The molecule has 0 aliphatic rings. The van der Waals surface area contributed by atoms with Crippen LogP contribution < -0.4 is 15.4 Å². The number of hydrogen-bond acceptors (Lipinski definition) is 6. The van der Waals surface area contributed by atoms with Gasteiger partial charge in [0.25, 0.3) is 5.91 Å². The number of carbonyl (C=O) groups is 2. The second-order valence-corrected chi connectivity index (χ2v) is 7.89. The van der Waals surface area contributed by atoms with Gasteiger partial charge in [0.05, 0.1) is 7.11 Å². The van der Waals surface area contributed by atoms with Gasteiger partial charge in [0, 0.05) is 42.9 Å². The first-order valence-electron chi connectivity index (χ1n) is 11.3. The summed E-state index contributed by atoms with van der Waals surface area (Å²) in [7, 11) is 1.58. The Hall–Kier alpha value is -4.46. The average molecular weight is 471 g/mol. The molecule has 8 nitrogen and oxygen atoms in total. The smallest absolute Gasteiger partial charge is 0.274 e. The third kappa shape index (κ3) is 6.54. The van der Waals surface area contributed by atoms with Crippen LogP contribution in [0.4, 0.5) is 0 Å². The van der Waals surface area contributed by atoms with Crippen molar-refractivity contribution in [1.29, 1.82) is 0 Å². The predicted octanol–water partition coefficient (Wildman–Crippen LogP) is 3.45. The predicted molar refractivity (Wildman–Crippen MR) is 131 cm³/mol. The number of amides is 2. The Morgan fingerprint density at radius 2 is 1.83 bits per heavy atom. The van der Waals surface area contributed by atoms with Gasteiger partial charge >= 0.3 is 0 Å².